The van der Waals surface area contributed by atoms with Crippen LogP contribution in [-0.2, 0) is 16.3 Å². The van der Waals surface area contributed by atoms with Gasteiger partial charge < -0.3 is 0 Å². The first-order valence-corrected chi connectivity index (χ1v) is 8.13. The number of benzene rings is 2. The van der Waals surface area contributed by atoms with Gasteiger partial charge in [0, 0.05) is 0 Å². The van der Waals surface area contributed by atoms with Gasteiger partial charge >= 0.3 is 0 Å². The topological polar surface area (TPSA) is 34.1 Å². The van der Waals surface area contributed by atoms with Crippen molar-refractivity contribution in [3.8, 4) is 0 Å². The molecule has 0 saturated carbocycles. The van der Waals surface area contributed by atoms with Crippen LogP contribution in [0.3, 0.4) is 0 Å². The average Bonchev–Trinajstić information content (AvgIpc) is 2.49. The van der Waals surface area contributed by atoms with E-state index in [4.69, 9.17) is 0 Å². The lowest BCUT2D eigenvalue weighted by atomic mass is 10.1. The van der Waals surface area contributed by atoms with E-state index >= 15 is 0 Å². The van der Waals surface area contributed by atoms with Crippen LogP contribution in [0.5, 0.6) is 0 Å². The Morgan fingerprint density at radius 1 is 0.950 bits per heavy atom. The highest BCUT2D eigenvalue weighted by molar-refractivity contribution is 7.92. The minimum Gasteiger partial charge on any atom is -0.223 e. The van der Waals surface area contributed by atoms with E-state index in [1.165, 1.54) is 0 Å². The summed E-state index contributed by atoms with van der Waals surface area (Å²) >= 11 is 0. The molecule has 2 rings (SSSR count). The maximum absolute atomic E-state index is 12.7. The van der Waals surface area contributed by atoms with Gasteiger partial charge in [0.15, 0.2) is 9.84 Å². The summed E-state index contributed by atoms with van der Waals surface area (Å²) < 4.78 is 25.4. The standard InChI is InChI=1S/C17H18O2S/c1-2-9-17(14-15-10-5-3-6-11-15)20(18,19)16-12-7-4-8-13-16/h2-8,10-13,17H,1,9,14H2. The van der Waals surface area contributed by atoms with Crippen LogP contribution in [0.25, 0.3) is 0 Å². The molecule has 0 saturated heterocycles. The van der Waals surface area contributed by atoms with E-state index < -0.39 is 15.1 Å². The summed E-state index contributed by atoms with van der Waals surface area (Å²) in [6, 6.07) is 18.3. The zero-order valence-electron chi connectivity index (χ0n) is 11.3. The summed E-state index contributed by atoms with van der Waals surface area (Å²) in [5.74, 6) is 0. The molecule has 0 radical (unpaired) electrons. The number of hydrogen-bond acceptors (Lipinski definition) is 2. The Labute approximate surface area is 120 Å². The summed E-state index contributed by atoms with van der Waals surface area (Å²) in [5, 5.41) is -0.468. The van der Waals surface area contributed by atoms with Crippen LogP contribution in [0.15, 0.2) is 78.2 Å². The summed E-state index contributed by atoms with van der Waals surface area (Å²) in [6.45, 7) is 3.68. The van der Waals surface area contributed by atoms with Crippen molar-refractivity contribution in [1.29, 1.82) is 0 Å². The molecule has 104 valence electrons. The van der Waals surface area contributed by atoms with Crippen LogP contribution in [-0.4, -0.2) is 13.7 Å². The average molecular weight is 286 g/mol. The fourth-order valence-electron chi connectivity index (χ4n) is 2.19. The fourth-order valence-corrected chi connectivity index (χ4v) is 3.91. The van der Waals surface area contributed by atoms with Gasteiger partial charge in [-0.25, -0.2) is 8.42 Å². The lowest BCUT2D eigenvalue weighted by Gasteiger charge is -2.16. The molecule has 1 unspecified atom stereocenters. The van der Waals surface area contributed by atoms with Gasteiger partial charge in [0.05, 0.1) is 10.1 Å². The molecular formula is C17H18O2S. The Hall–Kier alpha value is -1.87. The second kappa shape index (κ2) is 6.53. The SMILES string of the molecule is C=CCC(Cc1ccccc1)S(=O)(=O)c1ccccc1. The molecule has 0 spiro atoms. The quantitative estimate of drug-likeness (QED) is 0.760. The maximum atomic E-state index is 12.7. The van der Waals surface area contributed by atoms with Crippen molar-refractivity contribution in [1.82, 2.24) is 0 Å². The molecule has 0 aliphatic carbocycles. The summed E-state index contributed by atoms with van der Waals surface area (Å²) in [4.78, 5) is 0.378. The first-order valence-electron chi connectivity index (χ1n) is 6.58. The number of rotatable bonds is 6. The van der Waals surface area contributed by atoms with Crippen LogP contribution in [0.4, 0.5) is 0 Å². The van der Waals surface area contributed by atoms with Crippen molar-refractivity contribution >= 4 is 9.84 Å². The van der Waals surface area contributed by atoms with Crippen LogP contribution in [0, 0.1) is 0 Å². The lowest BCUT2D eigenvalue weighted by Crippen LogP contribution is -2.23. The van der Waals surface area contributed by atoms with E-state index in [1.54, 1.807) is 30.3 Å². The second-order valence-electron chi connectivity index (χ2n) is 4.69. The summed E-state index contributed by atoms with van der Waals surface area (Å²) in [7, 11) is -3.33. The molecule has 2 aromatic carbocycles. The molecule has 0 aliphatic rings. The highest BCUT2D eigenvalue weighted by Crippen LogP contribution is 2.22. The molecule has 0 aromatic heterocycles. The number of allylic oxidation sites excluding steroid dienone is 1. The van der Waals surface area contributed by atoms with Crippen molar-refractivity contribution in [2.75, 3.05) is 0 Å². The Kier molecular flexibility index (Phi) is 4.74. The molecular weight excluding hydrogens is 268 g/mol. The van der Waals surface area contributed by atoms with E-state index in [-0.39, 0.29) is 0 Å². The highest BCUT2D eigenvalue weighted by atomic mass is 32.2. The molecule has 1 atom stereocenters. The molecule has 2 aromatic rings. The van der Waals surface area contributed by atoms with E-state index in [0.717, 1.165) is 5.56 Å². The van der Waals surface area contributed by atoms with E-state index in [0.29, 0.717) is 17.7 Å². The molecule has 0 heterocycles. The van der Waals surface area contributed by atoms with Crippen LogP contribution < -0.4 is 0 Å². The highest BCUT2D eigenvalue weighted by Gasteiger charge is 2.26. The van der Waals surface area contributed by atoms with Gasteiger partial charge in [-0.15, -0.1) is 6.58 Å². The lowest BCUT2D eigenvalue weighted by molar-refractivity contribution is 0.577. The normalized spacial score (nSPS) is 12.8. The van der Waals surface area contributed by atoms with Crippen LogP contribution in [0.1, 0.15) is 12.0 Å². The smallest absolute Gasteiger partial charge is 0.181 e. The van der Waals surface area contributed by atoms with Crippen molar-refractivity contribution in [2.24, 2.45) is 0 Å². The minimum absolute atomic E-state index is 0.378. The van der Waals surface area contributed by atoms with Crippen molar-refractivity contribution < 1.29 is 8.42 Å². The van der Waals surface area contributed by atoms with Gasteiger partial charge in [0.1, 0.15) is 0 Å². The monoisotopic (exact) mass is 286 g/mol. The summed E-state index contributed by atoms with van der Waals surface area (Å²) in [5.41, 5.74) is 1.03. The Balaban J connectivity index is 2.31. The minimum atomic E-state index is -3.33. The predicted molar refractivity (Wildman–Crippen MR) is 82.4 cm³/mol. The van der Waals surface area contributed by atoms with Crippen molar-refractivity contribution in [3.05, 3.63) is 78.9 Å². The van der Waals surface area contributed by atoms with Gasteiger partial charge in [-0.3, -0.25) is 0 Å². The molecule has 2 nitrogen and oxygen atoms in total. The third-order valence-corrected chi connectivity index (χ3v) is 5.41. The van der Waals surface area contributed by atoms with E-state index in [9.17, 15) is 8.42 Å². The van der Waals surface area contributed by atoms with Gasteiger partial charge in [0.2, 0.25) is 0 Å². The zero-order valence-corrected chi connectivity index (χ0v) is 12.1. The first kappa shape index (κ1) is 14.5. The molecule has 0 aliphatic heterocycles. The zero-order chi connectivity index (χ0) is 14.4. The first-order chi connectivity index (χ1) is 9.64. The largest absolute Gasteiger partial charge is 0.223 e. The molecule has 0 N–H and O–H groups in total. The van der Waals surface area contributed by atoms with E-state index in [2.05, 4.69) is 6.58 Å². The van der Waals surface area contributed by atoms with Gasteiger partial charge in [-0.05, 0) is 30.5 Å². The van der Waals surface area contributed by atoms with Gasteiger partial charge in [-0.1, -0.05) is 54.6 Å². The Morgan fingerprint density at radius 3 is 2.05 bits per heavy atom. The number of hydrogen-bond donors (Lipinski definition) is 0. The Bertz CT molecular complexity index is 646. The third kappa shape index (κ3) is 3.36. The summed E-state index contributed by atoms with van der Waals surface area (Å²) in [6.07, 6.45) is 2.63. The van der Waals surface area contributed by atoms with Crippen LogP contribution >= 0.6 is 0 Å². The van der Waals surface area contributed by atoms with Crippen LogP contribution in [0.2, 0.25) is 0 Å². The van der Waals surface area contributed by atoms with E-state index in [1.807, 2.05) is 36.4 Å². The number of sulfone groups is 1. The predicted octanol–water partition coefficient (Wildman–Crippen LogP) is 3.65. The second-order valence-corrected chi connectivity index (χ2v) is 6.92. The molecule has 20 heavy (non-hydrogen) atoms. The Morgan fingerprint density at radius 2 is 1.50 bits per heavy atom. The third-order valence-electron chi connectivity index (χ3n) is 3.25. The molecule has 0 fully saturated rings. The van der Waals surface area contributed by atoms with Crippen molar-refractivity contribution in [2.45, 2.75) is 23.0 Å². The molecule has 0 bridgehead atoms. The van der Waals surface area contributed by atoms with Gasteiger partial charge in [-0.2, -0.15) is 0 Å². The fraction of sp³-hybridized carbons (Fsp3) is 0.176. The molecule has 0 amide bonds. The maximum Gasteiger partial charge on any atom is 0.181 e. The molecule has 3 heteroatoms. The van der Waals surface area contributed by atoms with Gasteiger partial charge in [0.25, 0.3) is 0 Å². The van der Waals surface area contributed by atoms with Crippen molar-refractivity contribution in [3.63, 3.8) is 0 Å².